The first kappa shape index (κ1) is 29.3. The lowest BCUT2D eigenvalue weighted by Gasteiger charge is -2.40. The maximum absolute atomic E-state index is 14.4. The fourth-order valence-electron chi connectivity index (χ4n) is 7.73. The van der Waals surface area contributed by atoms with E-state index in [9.17, 15) is 19.5 Å². The molecule has 3 saturated heterocycles. The minimum Gasteiger partial charge on any atom is -0.394 e. The monoisotopic (exact) mass is 561 g/mol. The number of rotatable bonds is 9. The average molecular weight is 562 g/mol. The Morgan fingerprint density at radius 3 is 2.27 bits per heavy atom. The number of benzene rings is 2. The number of nitrogens with one attached hydrogen (secondary N) is 2. The topological polar surface area (TPSA) is 108 Å². The molecule has 3 N–H and O–H groups in total. The molecule has 0 aliphatic carbocycles. The smallest absolute Gasteiger partial charge is 0.246 e. The molecule has 0 radical (unpaired) electrons. The van der Waals surface area contributed by atoms with Crippen LogP contribution in [0.2, 0.25) is 0 Å². The summed E-state index contributed by atoms with van der Waals surface area (Å²) in [6.45, 7) is 10.3. The SMILES string of the molecule is CC(C)(C)CC(C)(C)NC(=O)C1N([C@H](CO)c2ccccc2)C(=O)[C@@H]2[C@@H](C(=O)NCc3ccccc3)[C@H]3CCC12O3. The van der Waals surface area contributed by atoms with Crippen molar-refractivity contribution >= 4 is 17.7 Å². The zero-order valence-corrected chi connectivity index (χ0v) is 24.7. The molecule has 3 amide bonds. The molecule has 3 aliphatic heterocycles. The van der Waals surface area contributed by atoms with Crippen LogP contribution in [0, 0.1) is 17.3 Å². The van der Waals surface area contributed by atoms with E-state index in [4.69, 9.17) is 4.74 Å². The summed E-state index contributed by atoms with van der Waals surface area (Å²) in [6, 6.07) is 17.2. The first-order valence-electron chi connectivity index (χ1n) is 14.7. The third-order valence-corrected chi connectivity index (χ3v) is 8.73. The second-order valence-electron chi connectivity index (χ2n) is 13.7. The van der Waals surface area contributed by atoms with Crippen molar-refractivity contribution in [2.75, 3.05) is 6.61 Å². The molecule has 3 fully saturated rings. The first-order valence-corrected chi connectivity index (χ1v) is 14.7. The Morgan fingerprint density at radius 1 is 1.02 bits per heavy atom. The maximum Gasteiger partial charge on any atom is 0.246 e. The summed E-state index contributed by atoms with van der Waals surface area (Å²) < 4.78 is 6.58. The second-order valence-corrected chi connectivity index (χ2v) is 13.7. The fourth-order valence-corrected chi connectivity index (χ4v) is 7.73. The van der Waals surface area contributed by atoms with Gasteiger partial charge in [-0.15, -0.1) is 0 Å². The van der Waals surface area contributed by atoms with E-state index in [0.29, 0.717) is 19.4 Å². The Bertz CT molecular complexity index is 1270. The summed E-state index contributed by atoms with van der Waals surface area (Å²) in [5.74, 6) is -2.39. The van der Waals surface area contributed by atoms with Gasteiger partial charge in [-0.3, -0.25) is 14.4 Å². The molecule has 2 unspecified atom stereocenters. The zero-order chi connectivity index (χ0) is 29.6. The molecule has 3 heterocycles. The maximum atomic E-state index is 14.4. The number of amides is 3. The molecule has 6 atom stereocenters. The lowest BCUT2D eigenvalue weighted by molar-refractivity contribution is -0.146. The molecule has 1 spiro atoms. The zero-order valence-electron chi connectivity index (χ0n) is 24.7. The molecule has 5 rings (SSSR count). The van der Waals surface area contributed by atoms with Gasteiger partial charge in [0.1, 0.15) is 11.6 Å². The Balaban J connectivity index is 1.50. The Morgan fingerprint density at radius 2 is 1.66 bits per heavy atom. The second kappa shape index (κ2) is 10.9. The summed E-state index contributed by atoms with van der Waals surface area (Å²) >= 11 is 0. The van der Waals surface area contributed by atoms with Crippen LogP contribution in [0.25, 0.3) is 0 Å². The molecule has 220 valence electrons. The van der Waals surface area contributed by atoms with E-state index in [1.54, 1.807) is 0 Å². The number of aliphatic hydroxyl groups is 1. The quantitative estimate of drug-likeness (QED) is 0.432. The summed E-state index contributed by atoms with van der Waals surface area (Å²) in [5, 5.41) is 16.8. The van der Waals surface area contributed by atoms with Crippen LogP contribution in [0.1, 0.15) is 71.0 Å². The van der Waals surface area contributed by atoms with Crippen LogP contribution >= 0.6 is 0 Å². The minimum atomic E-state index is -1.14. The predicted molar refractivity (Wildman–Crippen MR) is 155 cm³/mol. The first-order chi connectivity index (χ1) is 19.4. The normalized spacial score (nSPS) is 28.0. The van der Waals surface area contributed by atoms with Crippen LogP contribution in [0.3, 0.4) is 0 Å². The highest BCUT2D eigenvalue weighted by Gasteiger charge is 2.75. The van der Waals surface area contributed by atoms with Crippen molar-refractivity contribution in [3.8, 4) is 0 Å². The molecule has 3 aliphatic rings. The van der Waals surface area contributed by atoms with E-state index >= 15 is 0 Å². The van der Waals surface area contributed by atoms with Gasteiger partial charge in [0.15, 0.2) is 0 Å². The van der Waals surface area contributed by atoms with Crippen molar-refractivity contribution in [3.63, 3.8) is 0 Å². The number of carbonyl (C=O) groups is 3. The fraction of sp³-hybridized carbons (Fsp3) is 0.545. The summed E-state index contributed by atoms with van der Waals surface area (Å²) in [5.41, 5.74) is -0.0397. The summed E-state index contributed by atoms with van der Waals surface area (Å²) in [4.78, 5) is 43.9. The van der Waals surface area contributed by atoms with E-state index in [1.165, 1.54) is 4.90 Å². The summed E-state index contributed by atoms with van der Waals surface area (Å²) in [6.07, 6.45) is 1.37. The number of fused-ring (bicyclic) bond motifs is 1. The van der Waals surface area contributed by atoms with E-state index in [2.05, 4.69) is 31.4 Å². The molecule has 0 saturated carbocycles. The predicted octanol–water partition coefficient (Wildman–Crippen LogP) is 3.74. The largest absolute Gasteiger partial charge is 0.394 e. The average Bonchev–Trinajstić information content (AvgIpc) is 3.55. The molecule has 8 heteroatoms. The Kier molecular flexibility index (Phi) is 7.76. The van der Waals surface area contributed by atoms with Gasteiger partial charge in [-0.2, -0.15) is 0 Å². The van der Waals surface area contributed by atoms with E-state index < -0.39 is 41.2 Å². The van der Waals surface area contributed by atoms with Crippen LogP contribution in [0.5, 0.6) is 0 Å². The van der Waals surface area contributed by atoms with E-state index in [-0.39, 0.29) is 29.7 Å². The van der Waals surface area contributed by atoms with Crippen LogP contribution in [-0.2, 0) is 25.7 Å². The third kappa shape index (κ3) is 5.52. The highest BCUT2D eigenvalue weighted by Crippen LogP contribution is 2.59. The van der Waals surface area contributed by atoms with Crippen LogP contribution < -0.4 is 10.6 Å². The number of likely N-dealkylation sites (tertiary alicyclic amines) is 1. The van der Waals surface area contributed by atoms with Gasteiger partial charge in [-0.1, -0.05) is 81.4 Å². The van der Waals surface area contributed by atoms with Crippen molar-refractivity contribution in [1.82, 2.24) is 15.5 Å². The molecule has 41 heavy (non-hydrogen) atoms. The van der Waals surface area contributed by atoms with Crippen LogP contribution in [0.15, 0.2) is 60.7 Å². The Labute approximate surface area is 242 Å². The summed E-state index contributed by atoms with van der Waals surface area (Å²) in [7, 11) is 0. The van der Waals surface area contributed by atoms with E-state index in [1.807, 2.05) is 74.5 Å². The standard InChI is InChI=1S/C33H43N3O5/c1-31(2,3)20-32(4,5)35-29(39)27-33-17-16-24(41-33)25(28(38)34-18-21-12-8-6-9-13-21)26(33)30(40)36(27)23(19-37)22-14-10-7-11-15-22/h6-15,23-27,37H,16-20H2,1-5H3,(H,34,38)(H,35,39)/t23-,24-,25+,26+,27?,33?/m1/s1. The van der Waals surface area contributed by atoms with Crippen molar-refractivity contribution in [1.29, 1.82) is 0 Å². The number of carbonyl (C=O) groups excluding carboxylic acids is 3. The van der Waals surface area contributed by atoms with Crippen LogP contribution in [-0.4, -0.2) is 57.6 Å². The lowest BCUT2D eigenvalue weighted by Crippen LogP contribution is -2.60. The number of aliphatic hydroxyl groups excluding tert-OH is 1. The highest BCUT2D eigenvalue weighted by atomic mass is 16.5. The molecule has 8 nitrogen and oxygen atoms in total. The third-order valence-electron chi connectivity index (χ3n) is 8.73. The Hall–Kier alpha value is -3.23. The van der Waals surface area contributed by atoms with Gasteiger partial charge in [-0.05, 0) is 49.7 Å². The van der Waals surface area contributed by atoms with Crippen LogP contribution in [0.4, 0.5) is 0 Å². The van der Waals surface area contributed by atoms with Crippen molar-refractivity contribution in [2.45, 2.75) is 89.8 Å². The molecule has 0 aromatic heterocycles. The van der Waals surface area contributed by atoms with Crippen molar-refractivity contribution in [2.24, 2.45) is 17.3 Å². The molecule has 2 aromatic carbocycles. The lowest BCUT2D eigenvalue weighted by atomic mass is 9.70. The van der Waals surface area contributed by atoms with Gasteiger partial charge >= 0.3 is 0 Å². The number of ether oxygens (including phenoxy) is 1. The number of hydrogen-bond acceptors (Lipinski definition) is 5. The number of nitrogens with zero attached hydrogens (tertiary/aromatic N) is 1. The highest BCUT2D eigenvalue weighted by molar-refractivity contribution is 5.99. The molecular weight excluding hydrogens is 518 g/mol. The number of hydrogen-bond donors (Lipinski definition) is 3. The molecule has 2 bridgehead atoms. The van der Waals surface area contributed by atoms with Crippen molar-refractivity contribution < 1.29 is 24.2 Å². The van der Waals surface area contributed by atoms with Gasteiger partial charge in [0.2, 0.25) is 17.7 Å². The van der Waals surface area contributed by atoms with Crippen molar-refractivity contribution in [3.05, 3.63) is 71.8 Å². The van der Waals surface area contributed by atoms with Gasteiger partial charge < -0.3 is 25.4 Å². The molecule has 2 aromatic rings. The van der Waals surface area contributed by atoms with Gasteiger partial charge in [0.05, 0.1) is 30.6 Å². The minimum absolute atomic E-state index is 0.0370. The van der Waals surface area contributed by atoms with Gasteiger partial charge in [0, 0.05) is 12.1 Å². The molecular formula is C33H43N3O5. The van der Waals surface area contributed by atoms with Gasteiger partial charge in [0.25, 0.3) is 0 Å². The van der Waals surface area contributed by atoms with E-state index in [0.717, 1.165) is 17.5 Å². The van der Waals surface area contributed by atoms with Gasteiger partial charge in [-0.25, -0.2) is 0 Å².